The molecule has 1 spiro atoms. The van der Waals surface area contributed by atoms with Gasteiger partial charge in [0, 0.05) is 57.4 Å². The zero-order chi connectivity index (χ0) is 21.8. The lowest BCUT2D eigenvalue weighted by atomic mass is 9.75. The van der Waals surface area contributed by atoms with Crippen LogP contribution in [0.15, 0.2) is 24.3 Å². The first-order chi connectivity index (χ1) is 15.0. The number of piperazine rings is 1. The molecular weight excluding hydrogens is 395 g/mol. The molecule has 1 aromatic rings. The average Bonchev–Trinajstić information content (AvgIpc) is 3.09. The molecule has 0 unspecified atom stereocenters. The van der Waals surface area contributed by atoms with Crippen molar-refractivity contribution in [1.82, 2.24) is 9.80 Å². The third-order valence-corrected chi connectivity index (χ3v) is 7.49. The van der Waals surface area contributed by atoms with Crippen molar-refractivity contribution in [3.63, 3.8) is 0 Å². The number of hydrogen-bond acceptors (Lipinski definition) is 6. The standard InChI is InChI=1S/C24H37FN4O2/c1-2-20(26)18-28-11-8-24(9-12-28)17-22(31-23(24)30)7-10-27-13-15-29(16-14-27)21-5-3-19(25)4-6-21/h3-6,20,22H,2,7-18,26H2,1H3/t20-,22-/m0/s1. The molecule has 3 heterocycles. The number of nitrogens with two attached hydrogens (primary N) is 1. The number of carbonyl (C=O) groups excluding carboxylic acids is 1. The Morgan fingerprint density at radius 2 is 1.77 bits per heavy atom. The lowest BCUT2D eigenvalue weighted by Gasteiger charge is -2.37. The Labute approximate surface area is 185 Å². The lowest BCUT2D eigenvalue weighted by Crippen LogP contribution is -2.47. The first-order valence-electron chi connectivity index (χ1n) is 11.9. The molecule has 2 atom stereocenters. The van der Waals surface area contributed by atoms with Crippen LogP contribution in [0.25, 0.3) is 0 Å². The molecule has 0 aromatic heterocycles. The van der Waals surface area contributed by atoms with Crippen LogP contribution in [0.5, 0.6) is 0 Å². The highest BCUT2D eigenvalue weighted by Crippen LogP contribution is 2.43. The summed E-state index contributed by atoms with van der Waals surface area (Å²) >= 11 is 0. The summed E-state index contributed by atoms with van der Waals surface area (Å²) in [7, 11) is 0. The fourth-order valence-electron chi connectivity index (χ4n) is 5.24. The molecule has 0 bridgehead atoms. The van der Waals surface area contributed by atoms with E-state index in [4.69, 9.17) is 10.5 Å². The van der Waals surface area contributed by atoms with E-state index in [-0.39, 0.29) is 29.3 Å². The molecule has 172 valence electrons. The maximum atomic E-state index is 13.1. The molecule has 0 radical (unpaired) electrons. The van der Waals surface area contributed by atoms with Crippen LogP contribution >= 0.6 is 0 Å². The number of likely N-dealkylation sites (tertiary alicyclic amines) is 1. The summed E-state index contributed by atoms with van der Waals surface area (Å²) in [5.74, 6) is -0.167. The normalized spacial score (nSPS) is 25.7. The van der Waals surface area contributed by atoms with Gasteiger partial charge in [-0.15, -0.1) is 0 Å². The van der Waals surface area contributed by atoms with Crippen molar-refractivity contribution in [2.45, 2.75) is 51.2 Å². The van der Waals surface area contributed by atoms with Gasteiger partial charge in [-0.2, -0.15) is 0 Å². The largest absolute Gasteiger partial charge is 0.462 e. The zero-order valence-electron chi connectivity index (χ0n) is 18.8. The van der Waals surface area contributed by atoms with Gasteiger partial charge in [0.25, 0.3) is 0 Å². The van der Waals surface area contributed by atoms with Gasteiger partial charge in [0.2, 0.25) is 0 Å². The molecule has 0 aliphatic carbocycles. The molecule has 4 rings (SSSR count). The van der Waals surface area contributed by atoms with E-state index in [1.165, 1.54) is 12.1 Å². The van der Waals surface area contributed by atoms with Crippen LogP contribution < -0.4 is 10.6 Å². The summed E-state index contributed by atoms with van der Waals surface area (Å²) in [5, 5.41) is 0. The van der Waals surface area contributed by atoms with Gasteiger partial charge in [0.1, 0.15) is 11.9 Å². The van der Waals surface area contributed by atoms with E-state index in [0.29, 0.717) is 0 Å². The van der Waals surface area contributed by atoms with Gasteiger partial charge < -0.3 is 20.3 Å². The summed E-state index contributed by atoms with van der Waals surface area (Å²) < 4.78 is 19.0. The smallest absolute Gasteiger partial charge is 0.312 e. The van der Waals surface area contributed by atoms with E-state index in [0.717, 1.165) is 90.1 Å². The Morgan fingerprint density at radius 1 is 1.10 bits per heavy atom. The van der Waals surface area contributed by atoms with Gasteiger partial charge in [-0.3, -0.25) is 9.69 Å². The summed E-state index contributed by atoms with van der Waals surface area (Å²) in [6, 6.07) is 6.97. The predicted octanol–water partition coefficient (Wildman–Crippen LogP) is 2.47. The maximum absolute atomic E-state index is 13.1. The second kappa shape index (κ2) is 9.84. The van der Waals surface area contributed by atoms with Gasteiger partial charge in [0.15, 0.2) is 0 Å². The van der Waals surface area contributed by atoms with Crippen molar-refractivity contribution < 1.29 is 13.9 Å². The Bertz CT molecular complexity index is 728. The lowest BCUT2D eigenvalue weighted by molar-refractivity contribution is -0.151. The third kappa shape index (κ3) is 5.38. The highest BCUT2D eigenvalue weighted by atomic mass is 19.1. The summed E-state index contributed by atoms with van der Waals surface area (Å²) in [4.78, 5) is 19.9. The average molecular weight is 433 g/mol. The monoisotopic (exact) mass is 432 g/mol. The number of carbonyl (C=O) groups is 1. The molecule has 3 saturated heterocycles. The maximum Gasteiger partial charge on any atom is 0.312 e. The molecule has 1 aromatic carbocycles. The van der Waals surface area contributed by atoms with Gasteiger partial charge in [-0.1, -0.05) is 6.92 Å². The van der Waals surface area contributed by atoms with Gasteiger partial charge >= 0.3 is 5.97 Å². The Balaban J connectivity index is 1.19. The molecule has 0 saturated carbocycles. The van der Waals surface area contributed by atoms with Crippen LogP contribution in [0.2, 0.25) is 0 Å². The van der Waals surface area contributed by atoms with E-state index >= 15 is 0 Å². The van der Waals surface area contributed by atoms with Crippen LogP contribution in [0, 0.1) is 11.2 Å². The van der Waals surface area contributed by atoms with Crippen LogP contribution in [0.1, 0.15) is 39.0 Å². The third-order valence-electron chi connectivity index (χ3n) is 7.49. The van der Waals surface area contributed by atoms with Crippen molar-refractivity contribution in [3.05, 3.63) is 30.1 Å². The van der Waals surface area contributed by atoms with E-state index < -0.39 is 0 Å². The number of halogens is 1. The van der Waals surface area contributed by atoms with Crippen LogP contribution in [-0.2, 0) is 9.53 Å². The minimum Gasteiger partial charge on any atom is -0.462 e. The summed E-state index contributed by atoms with van der Waals surface area (Å²) in [6.07, 6.45) is 4.62. The quantitative estimate of drug-likeness (QED) is 0.668. The molecule has 3 aliphatic rings. The Kier molecular flexibility index (Phi) is 7.14. The molecule has 2 N–H and O–H groups in total. The fraction of sp³-hybridized carbons (Fsp3) is 0.708. The number of piperidine rings is 1. The molecule has 6 nitrogen and oxygen atoms in total. The van der Waals surface area contributed by atoms with Crippen molar-refractivity contribution in [2.75, 3.05) is 57.3 Å². The zero-order valence-corrected chi connectivity index (χ0v) is 18.8. The minimum atomic E-state index is -0.265. The van der Waals surface area contributed by atoms with E-state index in [1.807, 2.05) is 12.1 Å². The molecule has 3 aliphatic heterocycles. The predicted molar refractivity (Wildman–Crippen MR) is 121 cm³/mol. The molecule has 7 heteroatoms. The second-order valence-electron chi connectivity index (χ2n) is 9.57. The van der Waals surface area contributed by atoms with Crippen LogP contribution in [0.4, 0.5) is 10.1 Å². The number of cyclic esters (lactones) is 1. The van der Waals surface area contributed by atoms with Crippen LogP contribution in [0.3, 0.4) is 0 Å². The molecular formula is C24H37FN4O2. The van der Waals surface area contributed by atoms with Crippen molar-refractivity contribution in [2.24, 2.45) is 11.1 Å². The first kappa shape index (κ1) is 22.5. The molecule has 3 fully saturated rings. The number of esters is 1. The highest BCUT2D eigenvalue weighted by molar-refractivity contribution is 5.79. The fourth-order valence-corrected chi connectivity index (χ4v) is 5.24. The van der Waals surface area contributed by atoms with E-state index in [1.54, 1.807) is 0 Å². The Hall–Kier alpha value is -1.70. The number of rotatable bonds is 7. The minimum absolute atomic E-state index is 0.0260. The number of nitrogens with zero attached hydrogens (tertiary/aromatic N) is 3. The van der Waals surface area contributed by atoms with Gasteiger partial charge in [-0.05, 0) is 63.0 Å². The number of anilines is 1. The van der Waals surface area contributed by atoms with Crippen LogP contribution in [-0.4, -0.2) is 80.3 Å². The van der Waals surface area contributed by atoms with Gasteiger partial charge in [0.05, 0.1) is 5.41 Å². The SMILES string of the molecule is CC[C@H](N)CN1CCC2(CC1)C[C@H](CCN1CCN(c3ccc(F)cc3)CC1)OC2=O. The molecule has 31 heavy (non-hydrogen) atoms. The number of ether oxygens (including phenoxy) is 1. The second-order valence-corrected chi connectivity index (χ2v) is 9.57. The van der Waals surface area contributed by atoms with E-state index in [9.17, 15) is 9.18 Å². The van der Waals surface area contributed by atoms with Crippen molar-refractivity contribution >= 4 is 11.7 Å². The van der Waals surface area contributed by atoms with Gasteiger partial charge in [-0.25, -0.2) is 4.39 Å². The number of benzene rings is 1. The molecule has 0 amide bonds. The van der Waals surface area contributed by atoms with E-state index in [2.05, 4.69) is 21.6 Å². The summed E-state index contributed by atoms with van der Waals surface area (Å²) in [6.45, 7) is 9.74. The summed E-state index contributed by atoms with van der Waals surface area (Å²) in [5.41, 5.74) is 6.92. The number of hydrogen-bond donors (Lipinski definition) is 1. The van der Waals surface area contributed by atoms with Crippen molar-refractivity contribution in [1.29, 1.82) is 0 Å². The topological polar surface area (TPSA) is 62.0 Å². The Morgan fingerprint density at radius 3 is 2.42 bits per heavy atom. The van der Waals surface area contributed by atoms with Crippen molar-refractivity contribution in [3.8, 4) is 0 Å². The highest BCUT2D eigenvalue weighted by Gasteiger charge is 2.50. The first-order valence-corrected chi connectivity index (χ1v) is 11.9.